The highest BCUT2D eigenvalue weighted by molar-refractivity contribution is 7.98. The quantitative estimate of drug-likeness (QED) is 0.410. The average Bonchev–Trinajstić information content (AvgIpc) is 2.81. The van der Waals surface area contributed by atoms with Crippen molar-refractivity contribution in [1.82, 2.24) is 29.3 Å². The van der Waals surface area contributed by atoms with E-state index >= 15 is 0 Å². The normalized spacial score (nSPS) is 10.9. The van der Waals surface area contributed by atoms with E-state index in [0.717, 1.165) is 0 Å². The van der Waals surface area contributed by atoms with Gasteiger partial charge in [-0.1, -0.05) is 17.8 Å². The van der Waals surface area contributed by atoms with E-state index in [9.17, 15) is 4.79 Å². The highest BCUT2D eigenvalue weighted by atomic mass is 32.2. The second-order valence-electron chi connectivity index (χ2n) is 4.15. The number of hydrogen-bond acceptors (Lipinski definition) is 6. The molecule has 0 aromatic carbocycles. The monoisotopic (exact) mass is 300 g/mol. The summed E-state index contributed by atoms with van der Waals surface area (Å²) in [5.74, 6) is 0.525. The van der Waals surface area contributed by atoms with E-state index in [2.05, 4.69) is 26.5 Å². The molecule has 0 aliphatic carbocycles. The molecule has 0 saturated carbocycles. The lowest BCUT2D eigenvalue weighted by Crippen LogP contribution is -2.22. The molecule has 0 aliphatic rings. The molecule has 0 atom stereocenters. The first-order chi connectivity index (χ1) is 10.3. The minimum absolute atomic E-state index is 0.178. The molecule has 3 rings (SSSR count). The van der Waals surface area contributed by atoms with E-state index < -0.39 is 0 Å². The Bertz CT molecular complexity index is 854. The van der Waals surface area contributed by atoms with Crippen LogP contribution in [-0.4, -0.2) is 35.6 Å². The van der Waals surface area contributed by atoms with Crippen molar-refractivity contribution in [2.75, 3.05) is 6.26 Å². The molecular formula is C13H12N6OS. The van der Waals surface area contributed by atoms with Crippen LogP contribution in [0.25, 0.3) is 16.9 Å². The maximum Gasteiger partial charge on any atom is 0.278 e. The predicted octanol–water partition coefficient (Wildman–Crippen LogP) is 1.28. The smallest absolute Gasteiger partial charge is 0.267 e. The zero-order valence-electron chi connectivity index (χ0n) is 11.3. The third kappa shape index (κ3) is 2.23. The third-order valence-electron chi connectivity index (χ3n) is 2.90. The third-order valence-corrected chi connectivity index (χ3v) is 3.47. The van der Waals surface area contributed by atoms with Gasteiger partial charge in [0.2, 0.25) is 0 Å². The van der Waals surface area contributed by atoms with Gasteiger partial charge in [0.25, 0.3) is 5.56 Å². The summed E-state index contributed by atoms with van der Waals surface area (Å²) in [7, 11) is 0. The maximum atomic E-state index is 12.5. The van der Waals surface area contributed by atoms with Crippen molar-refractivity contribution >= 4 is 22.8 Å². The minimum Gasteiger partial charge on any atom is -0.267 e. The first-order valence-electron chi connectivity index (χ1n) is 6.16. The van der Waals surface area contributed by atoms with Crippen molar-refractivity contribution in [3.63, 3.8) is 0 Å². The fourth-order valence-electron chi connectivity index (χ4n) is 2.03. The maximum absolute atomic E-state index is 12.5. The van der Waals surface area contributed by atoms with Gasteiger partial charge < -0.3 is 0 Å². The van der Waals surface area contributed by atoms with Crippen LogP contribution in [0.4, 0.5) is 0 Å². The zero-order valence-corrected chi connectivity index (χ0v) is 12.1. The number of allylic oxidation sites excluding steroid dienone is 1. The molecule has 0 fully saturated rings. The highest BCUT2D eigenvalue weighted by Crippen LogP contribution is 2.16. The number of thioether (sulfide) groups is 1. The van der Waals surface area contributed by atoms with E-state index in [1.165, 1.54) is 16.4 Å². The molecule has 8 heteroatoms. The summed E-state index contributed by atoms with van der Waals surface area (Å²) in [6, 6.07) is 0. The van der Waals surface area contributed by atoms with Crippen molar-refractivity contribution in [2.24, 2.45) is 0 Å². The summed E-state index contributed by atoms with van der Waals surface area (Å²) in [6.07, 6.45) is 9.80. The molecule has 0 radical (unpaired) electrons. The van der Waals surface area contributed by atoms with Crippen molar-refractivity contribution < 1.29 is 0 Å². The Kier molecular flexibility index (Phi) is 3.53. The van der Waals surface area contributed by atoms with Crippen LogP contribution in [0.3, 0.4) is 0 Å². The van der Waals surface area contributed by atoms with Crippen LogP contribution < -0.4 is 5.56 Å². The van der Waals surface area contributed by atoms with Crippen molar-refractivity contribution in [3.05, 3.63) is 47.8 Å². The standard InChI is InChI=1S/C13H12N6OS/c1-3-6-18-12(20)9-7-16-13(21-2)17-11(9)19(18)10-8-14-4-5-15-10/h3-5,7-8H,1,6H2,2H3. The fraction of sp³-hybridized carbons (Fsp3) is 0.154. The van der Waals surface area contributed by atoms with Gasteiger partial charge in [0, 0.05) is 18.6 Å². The summed E-state index contributed by atoms with van der Waals surface area (Å²) in [6.45, 7) is 4.03. The molecule has 0 N–H and O–H groups in total. The summed E-state index contributed by atoms with van der Waals surface area (Å²) < 4.78 is 3.16. The van der Waals surface area contributed by atoms with Gasteiger partial charge in [-0.3, -0.25) is 9.78 Å². The molecule has 7 nitrogen and oxygen atoms in total. The molecule has 106 valence electrons. The Hall–Kier alpha value is -2.48. The van der Waals surface area contributed by atoms with Crippen LogP contribution in [0.5, 0.6) is 0 Å². The van der Waals surface area contributed by atoms with E-state index in [0.29, 0.717) is 28.6 Å². The first kappa shape index (κ1) is 13.5. The van der Waals surface area contributed by atoms with Gasteiger partial charge in [-0.15, -0.1) is 6.58 Å². The SMILES string of the molecule is C=CCn1c(=O)c2cnc(SC)nc2n1-c1cnccn1. The predicted molar refractivity (Wildman–Crippen MR) is 80.7 cm³/mol. The Morgan fingerprint density at radius 1 is 1.33 bits per heavy atom. The van der Waals surface area contributed by atoms with E-state index in [1.54, 1.807) is 35.5 Å². The number of rotatable bonds is 4. The molecule has 3 heterocycles. The molecule has 0 spiro atoms. The fourth-order valence-corrected chi connectivity index (χ4v) is 2.37. The highest BCUT2D eigenvalue weighted by Gasteiger charge is 2.17. The van der Waals surface area contributed by atoms with Gasteiger partial charge in [-0.05, 0) is 6.26 Å². The van der Waals surface area contributed by atoms with Crippen LogP contribution in [0, 0.1) is 0 Å². The second-order valence-corrected chi connectivity index (χ2v) is 4.92. The summed E-state index contributed by atoms with van der Waals surface area (Å²) in [5.41, 5.74) is 0.338. The lowest BCUT2D eigenvalue weighted by atomic mass is 10.4. The topological polar surface area (TPSA) is 78.5 Å². The Morgan fingerprint density at radius 3 is 2.86 bits per heavy atom. The summed E-state index contributed by atoms with van der Waals surface area (Å²) in [4.78, 5) is 29.4. The Morgan fingerprint density at radius 2 is 2.19 bits per heavy atom. The number of aromatic nitrogens is 6. The van der Waals surface area contributed by atoms with Gasteiger partial charge in [-0.25, -0.2) is 24.3 Å². The van der Waals surface area contributed by atoms with Gasteiger partial charge in [-0.2, -0.15) is 0 Å². The average molecular weight is 300 g/mol. The van der Waals surface area contributed by atoms with Gasteiger partial charge >= 0.3 is 0 Å². The Balaban J connectivity index is 2.40. The van der Waals surface area contributed by atoms with Crippen LogP contribution in [0.15, 0.2) is 47.4 Å². The van der Waals surface area contributed by atoms with Crippen molar-refractivity contribution in [1.29, 1.82) is 0 Å². The largest absolute Gasteiger partial charge is 0.278 e. The molecule has 3 aromatic rings. The van der Waals surface area contributed by atoms with Gasteiger partial charge in [0.05, 0.1) is 12.7 Å². The number of hydrogen-bond donors (Lipinski definition) is 0. The van der Waals surface area contributed by atoms with Crippen LogP contribution in [-0.2, 0) is 6.54 Å². The van der Waals surface area contributed by atoms with Crippen LogP contribution >= 0.6 is 11.8 Å². The first-order valence-corrected chi connectivity index (χ1v) is 7.38. The summed E-state index contributed by atoms with van der Waals surface area (Å²) in [5, 5.41) is 1.04. The lowest BCUT2D eigenvalue weighted by Gasteiger charge is -2.08. The molecular weight excluding hydrogens is 288 g/mol. The van der Waals surface area contributed by atoms with E-state index in [-0.39, 0.29) is 5.56 Å². The minimum atomic E-state index is -0.178. The van der Waals surface area contributed by atoms with Crippen LogP contribution in [0.1, 0.15) is 0 Å². The molecule has 0 amide bonds. The Labute approximate surface area is 124 Å². The zero-order chi connectivity index (χ0) is 14.8. The number of nitrogens with zero attached hydrogens (tertiary/aromatic N) is 6. The van der Waals surface area contributed by atoms with Crippen molar-refractivity contribution in [2.45, 2.75) is 11.7 Å². The van der Waals surface area contributed by atoms with Gasteiger partial charge in [0.1, 0.15) is 5.39 Å². The van der Waals surface area contributed by atoms with Crippen molar-refractivity contribution in [3.8, 4) is 5.82 Å². The molecule has 0 bridgehead atoms. The van der Waals surface area contributed by atoms with Gasteiger partial charge in [0.15, 0.2) is 16.6 Å². The summed E-state index contributed by atoms with van der Waals surface area (Å²) >= 11 is 1.41. The number of fused-ring (bicyclic) bond motifs is 1. The molecule has 21 heavy (non-hydrogen) atoms. The lowest BCUT2D eigenvalue weighted by molar-refractivity contribution is 0.594. The molecule has 0 aliphatic heterocycles. The van der Waals surface area contributed by atoms with E-state index in [1.807, 2.05) is 6.26 Å². The second kappa shape index (κ2) is 5.49. The van der Waals surface area contributed by atoms with E-state index in [4.69, 9.17) is 0 Å². The molecule has 0 saturated heterocycles. The molecule has 0 unspecified atom stereocenters. The molecule has 3 aromatic heterocycles. The van der Waals surface area contributed by atoms with Crippen LogP contribution in [0.2, 0.25) is 0 Å².